The molecule has 2 aromatic carbocycles. The molecule has 0 spiro atoms. The van der Waals surface area contributed by atoms with Gasteiger partial charge < -0.3 is 10.2 Å². The summed E-state index contributed by atoms with van der Waals surface area (Å²) >= 11 is 0. The highest BCUT2D eigenvalue weighted by molar-refractivity contribution is 6.23. The van der Waals surface area contributed by atoms with Gasteiger partial charge in [-0.05, 0) is 37.3 Å². The molecule has 9 nitrogen and oxygen atoms in total. The van der Waals surface area contributed by atoms with Gasteiger partial charge in [0, 0.05) is 17.2 Å². The van der Waals surface area contributed by atoms with Crippen LogP contribution in [0.4, 0.5) is 5.82 Å². The molecule has 3 N–H and O–H groups in total. The molecule has 0 radical (unpaired) electrons. The van der Waals surface area contributed by atoms with E-state index in [2.05, 4.69) is 15.5 Å². The average Bonchev–Trinajstić information content (AvgIpc) is 3.34. The van der Waals surface area contributed by atoms with E-state index in [0.717, 1.165) is 21.8 Å². The summed E-state index contributed by atoms with van der Waals surface area (Å²) in [6.45, 7) is 1.99. The van der Waals surface area contributed by atoms with Crippen molar-refractivity contribution in [1.82, 2.24) is 20.1 Å². The number of hydrogen-bond donors (Lipinski definition) is 2. The van der Waals surface area contributed by atoms with Crippen molar-refractivity contribution >= 4 is 17.6 Å². The van der Waals surface area contributed by atoms with E-state index < -0.39 is 17.4 Å². The van der Waals surface area contributed by atoms with Gasteiger partial charge in [0.2, 0.25) is 11.8 Å². The molecule has 4 aromatic rings. The number of rotatable bonds is 3. The highest BCUT2D eigenvalue weighted by atomic mass is 16.4. The lowest BCUT2D eigenvalue weighted by Gasteiger charge is -2.12. The second-order valence-electron chi connectivity index (χ2n) is 7.10. The number of amides is 2. The summed E-state index contributed by atoms with van der Waals surface area (Å²) in [6, 6.07) is 15.5. The average molecular weight is 413 g/mol. The first kappa shape index (κ1) is 18.5. The second kappa shape index (κ2) is 6.77. The maximum atomic E-state index is 12.7. The van der Waals surface area contributed by atoms with Crippen molar-refractivity contribution in [2.24, 2.45) is 0 Å². The lowest BCUT2D eigenvalue weighted by atomic mass is 10.1. The minimum absolute atomic E-state index is 0.0190. The van der Waals surface area contributed by atoms with E-state index in [1.165, 1.54) is 0 Å². The standard InChI is InChI=1S/C22H15N5O4/c1-11-5-7-12(8-6-11)21-25-26-22(31-21)13-3-2-4-14(9-13)27-16(28)10-15-17(18(27)23)20(30)24-19(15)29/h2-10H,23H2,1H3,(H,24,29,30). The molecular formula is C22H15N5O4. The smallest absolute Gasteiger partial charge is 0.262 e. The Labute approximate surface area is 175 Å². The predicted octanol–water partition coefficient (Wildman–Crippen LogP) is 2.33. The number of nitrogen functional groups attached to an aromatic ring is 1. The Hall–Kier alpha value is -4.53. The van der Waals surface area contributed by atoms with Gasteiger partial charge >= 0.3 is 0 Å². The SMILES string of the molecule is Cc1ccc(-c2nnc(-c3cccc(-n4c(N)c5c(cc4=O)C(=O)NC5=O)c3)o2)cc1. The number of carbonyl (C=O) groups is 2. The molecule has 0 saturated heterocycles. The minimum atomic E-state index is -0.640. The Morgan fingerprint density at radius 1 is 0.903 bits per heavy atom. The van der Waals surface area contributed by atoms with E-state index in [-0.39, 0.29) is 22.8 Å². The van der Waals surface area contributed by atoms with Gasteiger partial charge in [-0.25, -0.2) is 0 Å². The van der Waals surface area contributed by atoms with Gasteiger partial charge in [0.15, 0.2) is 0 Å². The number of fused-ring (bicyclic) bond motifs is 1. The quantitative estimate of drug-likeness (QED) is 0.492. The highest BCUT2D eigenvalue weighted by Crippen LogP contribution is 2.27. The van der Waals surface area contributed by atoms with Gasteiger partial charge in [0.25, 0.3) is 17.4 Å². The van der Waals surface area contributed by atoms with Crippen molar-refractivity contribution in [3.63, 3.8) is 0 Å². The van der Waals surface area contributed by atoms with Crippen LogP contribution in [0.2, 0.25) is 0 Å². The predicted molar refractivity (Wildman–Crippen MR) is 112 cm³/mol. The summed E-state index contributed by atoms with van der Waals surface area (Å²) in [6.07, 6.45) is 0. The Morgan fingerprint density at radius 3 is 2.35 bits per heavy atom. The Kier molecular flexibility index (Phi) is 4.04. The third-order valence-corrected chi connectivity index (χ3v) is 5.03. The third-order valence-electron chi connectivity index (χ3n) is 5.03. The molecule has 152 valence electrons. The summed E-state index contributed by atoms with van der Waals surface area (Å²) in [5.74, 6) is -0.766. The molecule has 0 aliphatic carbocycles. The summed E-state index contributed by atoms with van der Waals surface area (Å²) < 4.78 is 6.97. The molecule has 5 rings (SSSR count). The first-order chi connectivity index (χ1) is 14.9. The van der Waals surface area contributed by atoms with Crippen molar-refractivity contribution in [3.8, 4) is 28.6 Å². The number of nitrogens with zero attached hydrogens (tertiary/aromatic N) is 3. The number of nitrogens with two attached hydrogens (primary N) is 1. The number of benzene rings is 2. The zero-order chi connectivity index (χ0) is 21.7. The minimum Gasteiger partial charge on any atom is -0.416 e. The number of hydrogen-bond acceptors (Lipinski definition) is 7. The third kappa shape index (κ3) is 2.99. The largest absolute Gasteiger partial charge is 0.416 e. The zero-order valence-corrected chi connectivity index (χ0v) is 16.2. The Bertz CT molecular complexity index is 1430. The molecule has 1 aliphatic rings. The number of imide groups is 1. The van der Waals surface area contributed by atoms with Gasteiger partial charge in [0.05, 0.1) is 16.8 Å². The van der Waals surface area contributed by atoms with Gasteiger partial charge in [-0.3, -0.25) is 24.3 Å². The molecule has 0 fully saturated rings. The van der Waals surface area contributed by atoms with Crippen LogP contribution in [0, 0.1) is 6.92 Å². The van der Waals surface area contributed by atoms with Crippen molar-refractivity contribution < 1.29 is 14.0 Å². The Balaban J connectivity index is 1.58. The summed E-state index contributed by atoms with van der Waals surface area (Å²) in [7, 11) is 0. The number of nitrogens with one attached hydrogen (secondary N) is 1. The van der Waals surface area contributed by atoms with Crippen LogP contribution in [0.3, 0.4) is 0 Å². The van der Waals surface area contributed by atoms with E-state index in [1.807, 2.05) is 31.2 Å². The fraction of sp³-hybridized carbons (Fsp3) is 0.0455. The number of carbonyl (C=O) groups excluding carboxylic acids is 2. The molecular weight excluding hydrogens is 398 g/mol. The maximum absolute atomic E-state index is 12.7. The molecule has 0 saturated carbocycles. The summed E-state index contributed by atoms with van der Waals surface area (Å²) in [5, 5.41) is 10.3. The molecule has 9 heteroatoms. The van der Waals surface area contributed by atoms with Crippen LogP contribution in [0.1, 0.15) is 26.3 Å². The molecule has 0 unspecified atom stereocenters. The topological polar surface area (TPSA) is 133 Å². The van der Waals surface area contributed by atoms with Crippen LogP contribution < -0.4 is 16.6 Å². The molecule has 31 heavy (non-hydrogen) atoms. The van der Waals surface area contributed by atoms with E-state index in [4.69, 9.17) is 10.2 Å². The van der Waals surface area contributed by atoms with Crippen LogP contribution in [0.5, 0.6) is 0 Å². The second-order valence-corrected chi connectivity index (χ2v) is 7.10. The summed E-state index contributed by atoms with van der Waals surface area (Å²) in [4.78, 5) is 36.6. The van der Waals surface area contributed by atoms with E-state index in [9.17, 15) is 14.4 Å². The van der Waals surface area contributed by atoms with E-state index >= 15 is 0 Å². The molecule has 0 atom stereocenters. The summed E-state index contributed by atoms with van der Waals surface area (Å²) in [5.41, 5.74) is 8.38. The fourth-order valence-electron chi connectivity index (χ4n) is 3.48. The normalized spacial score (nSPS) is 12.7. The lowest BCUT2D eigenvalue weighted by molar-refractivity contribution is 0.0880. The number of anilines is 1. The number of aromatic nitrogens is 3. The van der Waals surface area contributed by atoms with Crippen LogP contribution in [-0.2, 0) is 0 Å². The van der Waals surface area contributed by atoms with Gasteiger partial charge in [-0.1, -0.05) is 23.8 Å². The highest BCUT2D eigenvalue weighted by Gasteiger charge is 2.31. The van der Waals surface area contributed by atoms with Crippen LogP contribution in [0.15, 0.2) is 63.8 Å². The fourth-order valence-corrected chi connectivity index (χ4v) is 3.48. The van der Waals surface area contributed by atoms with Gasteiger partial charge in [-0.2, -0.15) is 0 Å². The molecule has 3 heterocycles. The molecule has 2 amide bonds. The van der Waals surface area contributed by atoms with Crippen LogP contribution in [-0.4, -0.2) is 26.6 Å². The van der Waals surface area contributed by atoms with Gasteiger partial charge in [0.1, 0.15) is 5.82 Å². The molecule has 2 aromatic heterocycles. The lowest BCUT2D eigenvalue weighted by Crippen LogP contribution is -2.24. The van der Waals surface area contributed by atoms with E-state index in [0.29, 0.717) is 17.1 Å². The van der Waals surface area contributed by atoms with Crippen molar-refractivity contribution in [3.05, 3.63) is 81.6 Å². The molecule has 1 aliphatic heterocycles. The monoisotopic (exact) mass is 413 g/mol. The van der Waals surface area contributed by atoms with Crippen LogP contribution in [0.25, 0.3) is 28.6 Å². The van der Waals surface area contributed by atoms with Gasteiger partial charge in [-0.15, -0.1) is 10.2 Å². The first-order valence-electron chi connectivity index (χ1n) is 9.35. The number of pyridine rings is 1. The van der Waals surface area contributed by atoms with Crippen molar-refractivity contribution in [1.29, 1.82) is 0 Å². The Morgan fingerprint density at radius 2 is 1.61 bits per heavy atom. The number of aryl methyl sites for hydroxylation is 1. The molecule has 0 bridgehead atoms. The zero-order valence-electron chi connectivity index (χ0n) is 16.2. The maximum Gasteiger partial charge on any atom is 0.262 e. The first-order valence-corrected chi connectivity index (χ1v) is 9.35. The van der Waals surface area contributed by atoms with E-state index in [1.54, 1.807) is 24.3 Å². The van der Waals surface area contributed by atoms with Crippen molar-refractivity contribution in [2.75, 3.05) is 5.73 Å². The van der Waals surface area contributed by atoms with Crippen LogP contribution >= 0.6 is 0 Å². The van der Waals surface area contributed by atoms with Crippen molar-refractivity contribution in [2.45, 2.75) is 6.92 Å².